The fraction of sp³-hybridized carbons (Fsp3) is 0.647. The molecule has 108 valence electrons. The van der Waals surface area contributed by atoms with Gasteiger partial charge in [0.1, 0.15) is 5.75 Å². The highest BCUT2D eigenvalue weighted by Gasteiger charge is 2.54. The number of aliphatic hydroxyl groups is 1. The third kappa shape index (κ3) is 1.56. The molecule has 1 aromatic carbocycles. The number of fused-ring (bicyclic) bond motifs is 5. The Morgan fingerprint density at radius 3 is 2.95 bits per heavy atom. The lowest BCUT2D eigenvalue weighted by Gasteiger charge is -2.50. The number of nitrogens with one attached hydrogen (secondary N) is 1. The van der Waals surface area contributed by atoms with Gasteiger partial charge in [0.05, 0.1) is 6.10 Å². The van der Waals surface area contributed by atoms with Crippen LogP contribution in [0.1, 0.15) is 44.1 Å². The molecule has 3 aliphatic rings. The second kappa shape index (κ2) is 4.14. The van der Waals surface area contributed by atoms with E-state index in [0.717, 1.165) is 37.9 Å². The highest BCUT2D eigenvalue weighted by molar-refractivity contribution is 5.58. The average molecular weight is 273 g/mol. The maximum Gasteiger partial charge on any atom is 0.117 e. The number of benzene rings is 1. The Morgan fingerprint density at radius 2 is 2.10 bits per heavy atom. The zero-order valence-corrected chi connectivity index (χ0v) is 12.0. The normalized spacial score (nSPS) is 42.3. The second-order valence-electron chi connectivity index (χ2n) is 7.17. The van der Waals surface area contributed by atoms with Gasteiger partial charge < -0.3 is 15.5 Å². The lowest BCUT2D eigenvalue weighted by Crippen LogP contribution is -2.46. The van der Waals surface area contributed by atoms with Crippen LogP contribution in [-0.2, 0) is 0 Å². The Bertz CT molecular complexity index is 544. The molecule has 1 unspecified atom stereocenters. The smallest absolute Gasteiger partial charge is 0.117 e. The molecule has 0 aromatic heterocycles. The van der Waals surface area contributed by atoms with Crippen molar-refractivity contribution in [2.45, 2.75) is 44.6 Å². The van der Waals surface area contributed by atoms with E-state index in [1.54, 1.807) is 6.07 Å². The van der Waals surface area contributed by atoms with Crippen LogP contribution in [0.15, 0.2) is 18.2 Å². The number of aliphatic hydroxyl groups excluding tert-OH is 1. The molecule has 3 heteroatoms. The Hall–Kier alpha value is -1.22. The lowest BCUT2D eigenvalue weighted by atomic mass is 9.57. The monoisotopic (exact) mass is 273 g/mol. The van der Waals surface area contributed by atoms with Gasteiger partial charge in [0.15, 0.2) is 0 Å². The van der Waals surface area contributed by atoms with Gasteiger partial charge >= 0.3 is 0 Å². The van der Waals surface area contributed by atoms with Crippen molar-refractivity contribution in [1.82, 2.24) is 0 Å². The first-order valence-electron chi connectivity index (χ1n) is 7.84. The number of phenolic OH excluding ortho intramolecular Hbond substituents is 1. The van der Waals surface area contributed by atoms with Gasteiger partial charge in [-0.2, -0.15) is 0 Å². The van der Waals surface area contributed by atoms with Gasteiger partial charge in [0, 0.05) is 18.3 Å². The minimum absolute atomic E-state index is 0.116. The summed E-state index contributed by atoms with van der Waals surface area (Å²) in [6.45, 7) is 3.27. The molecule has 3 nitrogen and oxygen atoms in total. The number of anilines is 1. The Balaban J connectivity index is 1.71. The molecule has 0 amide bonds. The van der Waals surface area contributed by atoms with Crippen molar-refractivity contribution in [1.29, 1.82) is 0 Å². The van der Waals surface area contributed by atoms with E-state index in [1.807, 2.05) is 6.07 Å². The molecule has 1 heterocycles. The first-order valence-corrected chi connectivity index (χ1v) is 7.84. The molecule has 0 spiro atoms. The summed E-state index contributed by atoms with van der Waals surface area (Å²) in [5.41, 5.74) is 2.59. The first-order chi connectivity index (χ1) is 9.59. The molecule has 5 atom stereocenters. The van der Waals surface area contributed by atoms with Crippen molar-refractivity contribution in [3.8, 4) is 5.75 Å². The van der Waals surface area contributed by atoms with Crippen LogP contribution in [0.25, 0.3) is 0 Å². The molecular weight excluding hydrogens is 250 g/mol. The Kier molecular flexibility index (Phi) is 2.59. The summed E-state index contributed by atoms with van der Waals surface area (Å²) >= 11 is 0. The standard InChI is InChI=1S/C17H23NO2/c1-17-7-6-11-12-3-2-10(19)8-15(12)18-9-13(11)14(17)4-5-16(17)20/h2-3,8,11,13-14,16,18-20H,4-7,9H2,1H3/t11-,13-,14+,16?,17+/m1/s1. The van der Waals surface area contributed by atoms with E-state index in [9.17, 15) is 10.2 Å². The van der Waals surface area contributed by atoms with Crippen molar-refractivity contribution in [2.24, 2.45) is 17.3 Å². The number of hydrogen-bond donors (Lipinski definition) is 3. The van der Waals surface area contributed by atoms with Crippen LogP contribution in [0.3, 0.4) is 0 Å². The quantitative estimate of drug-likeness (QED) is 0.681. The molecule has 20 heavy (non-hydrogen) atoms. The predicted octanol–water partition coefficient (Wildman–Crippen LogP) is 3.09. The molecule has 2 aliphatic carbocycles. The molecule has 0 saturated heterocycles. The van der Waals surface area contributed by atoms with Crippen LogP contribution >= 0.6 is 0 Å². The zero-order valence-electron chi connectivity index (χ0n) is 12.0. The molecule has 0 radical (unpaired) electrons. The van der Waals surface area contributed by atoms with Crippen LogP contribution in [0.5, 0.6) is 5.75 Å². The summed E-state index contributed by atoms with van der Waals surface area (Å²) < 4.78 is 0. The largest absolute Gasteiger partial charge is 0.508 e. The lowest BCUT2D eigenvalue weighted by molar-refractivity contribution is -0.0163. The third-order valence-corrected chi connectivity index (χ3v) is 6.35. The van der Waals surface area contributed by atoms with Gasteiger partial charge in [-0.05, 0) is 60.5 Å². The summed E-state index contributed by atoms with van der Waals surface area (Å²) in [7, 11) is 0. The number of phenols is 1. The number of aromatic hydroxyl groups is 1. The summed E-state index contributed by atoms with van der Waals surface area (Å²) in [6.07, 6.45) is 4.30. The number of rotatable bonds is 0. The van der Waals surface area contributed by atoms with E-state index in [-0.39, 0.29) is 11.5 Å². The minimum atomic E-state index is -0.116. The molecule has 0 bridgehead atoms. The van der Waals surface area contributed by atoms with E-state index in [1.165, 1.54) is 5.56 Å². The average Bonchev–Trinajstić information content (AvgIpc) is 2.74. The third-order valence-electron chi connectivity index (χ3n) is 6.35. The molecule has 4 rings (SSSR count). The summed E-state index contributed by atoms with van der Waals surface area (Å²) in [5, 5.41) is 23.5. The molecule has 1 aliphatic heterocycles. The van der Waals surface area contributed by atoms with Gasteiger partial charge in [-0.15, -0.1) is 0 Å². The molecule has 2 saturated carbocycles. The Labute approximate surface area is 120 Å². The highest BCUT2D eigenvalue weighted by atomic mass is 16.3. The van der Waals surface area contributed by atoms with Gasteiger partial charge in [-0.1, -0.05) is 13.0 Å². The van der Waals surface area contributed by atoms with Crippen molar-refractivity contribution in [2.75, 3.05) is 11.9 Å². The van der Waals surface area contributed by atoms with Gasteiger partial charge in [0.2, 0.25) is 0 Å². The predicted molar refractivity (Wildman–Crippen MR) is 78.9 cm³/mol. The summed E-state index contributed by atoms with van der Waals surface area (Å²) in [4.78, 5) is 0. The number of hydrogen-bond acceptors (Lipinski definition) is 3. The van der Waals surface area contributed by atoms with Crippen LogP contribution in [0.4, 0.5) is 5.69 Å². The van der Waals surface area contributed by atoms with Crippen LogP contribution in [0, 0.1) is 17.3 Å². The van der Waals surface area contributed by atoms with Crippen molar-refractivity contribution < 1.29 is 10.2 Å². The van der Waals surface area contributed by atoms with Crippen LogP contribution in [0.2, 0.25) is 0 Å². The summed E-state index contributed by atoms with van der Waals surface area (Å²) in [6, 6.07) is 5.74. The van der Waals surface area contributed by atoms with Crippen molar-refractivity contribution in [3.05, 3.63) is 23.8 Å². The van der Waals surface area contributed by atoms with E-state index in [4.69, 9.17) is 0 Å². The van der Waals surface area contributed by atoms with Crippen molar-refractivity contribution >= 4 is 5.69 Å². The second-order valence-corrected chi connectivity index (χ2v) is 7.17. The first kappa shape index (κ1) is 12.5. The molecule has 2 fully saturated rings. The van der Waals surface area contributed by atoms with E-state index >= 15 is 0 Å². The Morgan fingerprint density at radius 1 is 1.25 bits per heavy atom. The van der Waals surface area contributed by atoms with E-state index in [0.29, 0.717) is 23.5 Å². The molecule has 3 N–H and O–H groups in total. The van der Waals surface area contributed by atoms with E-state index in [2.05, 4.69) is 18.3 Å². The van der Waals surface area contributed by atoms with Gasteiger partial charge in [-0.3, -0.25) is 0 Å². The zero-order chi connectivity index (χ0) is 13.9. The van der Waals surface area contributed by atoms with Gasteiger partial charge in [-0.25, -0.2) is 0 Å². The van der Waals surface area contributed by atoms with Crippen molar-refractivity contribution in [3.63, 3.8) is 0 Å². The topological polar surface area (TPSA) is 52.5 Å². The van der Waals surface area contributed by atoms with Crippen LogP contribution < -0.4 is 5.32 Å². The molecular formula is C17H23NO2. The maximum absolute atomic E-state index is 10.4. The SMILES string of the molecule is C[C@]12CC[C@@H]3c4ccc(O)cc4NC[C@H]3[C@@H]1CCC2O. The maximum atomic E-state index is 10.4. The fourth-order valence-corrected chi connectivity index (χ4v) is 5.18. The van der Waals surface area contributed by atoms with E-state index < -0.39 is 0 Å². The summed E-state index contributed by atoms with van der Waals surface area (Å²) in [5.74, 6) is 2.19. The minimum Gasteiger partial charge on any atom is -0.508 e. The van der Waals surface area contributed by atoms with Gasteiger partial charge in [0.25, 0.3) is 0 Å². The fourth-order valence-electron chi connectivity index (χ4n) is 5.18. The molecule has 1 aromatic rings. The van der Waals surface area contributed by atoms with Crippen LogP contribution in [-0.4, -0.2) is 22.9 Å². The highest BCUT2D eigenvalue weighted by Crippen LogP contribution is 2.59.